The number of carbonyl (C=O) groups excluding carboxylic acids is 3. The Bertz CT molecular complexity index is 952. The summed E-state index contributed by atoms with van der Waals surface area (Å²) in [4.78, 5) is 38.3. The lowest BCUT2D eigenvalue weighted by Crippen LogP contribution is -2.31. The van der Waals surface area contributed by atoms with Crippen LogP contribution in [0, 0.1) is 0 Å². The molecule has 0 bridgehead atoms. The minimum Gasteiger partial charge on any atom is -0.460 e. The molecule has 1 aliphatic heterocycles. The van der Waals surface area contributed by atoms with Crippen LogP contribution in [-0.2, 0) is 19.1 Å². The van der Waals surface area contributed by atoms with Crippen LogP contribution in [0.5, 0.6) is 0 Å². The SMILES string of the molecule is COCCOC(=O)c1ccc(N2C(=O)C(Cl)=C(c3ccc(Cl)cc3)C2=O)cc1. The number of carbonyl (C=O) groups is 3. The lowest BCUT2D eigenvalue weighted by Gasteiger charge is -2.15. The summed E-state index contributed by atoms with van der Waals surface area (Å²) >= 11 is 12.0. The monoisotopic (exact) mass is 419 g/mol. The van der Waals surface area contributed by atoms with E-state index < -0.39 is 17.8 Å². The van der Waals surface area contributed by atoms with Crippen LogP contribution >= 0.6 is 23.2 Å². The maximum Gasteiger partial charge on any atom is 0.338 e. The minimum absolute atomic E-state index is 0.103. The summed E-state index contributed by atoms with van der Waals surface area (Å²) < 4.78 is 9.84. The zero-order valence-electron chi connectivity index (χ0n) is 14.8. The van der Waals surface area contributed by atoms with Crippen molar-refractivity contribution in [2.75, 3.05) is 25.2 Å². The predicted molar refractivity (Wildman–Crippen MR) is 105 cm³/mol. The first kappa shape index (κ1) is 20.1. The lowest BCUT2D eigenvalue weighted by molar-refractivity contribution is -0.119. The van der Waals surface area contributed by atoms with Gasteiger partial charge in [0, 0.05) is 12.1 Å². The van der Waals surface area contributed by atoms with E-state index in [0.29, 0.717) is 16.3 Å². The lowest BCUT2D eigenvalue weighted by atomic mass is 10.1. The van der Waals surface area contributed by atoms with E-state index in [1.807, 2.05) is 0 Å². The molecule has 6 nitrogen and oxygen atoms in total. The quantitative estimate of drug-likeness (QED) is 0.405. The first-order chi connectivity index (χ1) is 13.4. The van der Waals surface area contributed by atoms with Crippen LogP contribution in [0.15, 0.2) is 53.6 Å². The van der Waals surface area contributed by atoms with Gasteiger partial charge in [0.05, 0.1) is 23.4 Å². The molecule has 0 aromatic heterocycles. The van der Waals surface area contributed by atoms with Crippen molar-refractivity contribution in [3.63, 3.8) is 0 Å². The number of esters is 1. The highest BCUT2D eigenvalue weighted by atomic mass is 35.5. The number of nitrogens with zero attached hydrogens (tertiary/aromatic N) is 1. The average Bonchev–Trinajstić information content (AvgIpc) is 2.92. The number of ether oxygens (including phenoxy) is 2. The average molecular weight is 420 g/mol. The minimum atomic E-state index is -0.632. The molecule has 1 aliphatic rings. The fraction of sp³-hybridized carbons (Fsp3) is 0.150. The van der Waals surface area contributed by atoms with Gasteiger partial charge in [-0.15, -0.1) is 0 Å². The Morgan fingerprint density at radius 1 is 0.929 bits per heavy atom. The van der Waals surface area contributed by atoms with E-state index in [9.17, 15) is 14.4 Å². The Morgan fingerprint density at radius 2 is 1.57 bits per heavy atom. The zero-order valence-corrected chi connectivity index (χ0v) is 16.3. The molecular weight excluding hydrogens is 405 g/mol. The van der Waals surface area contributed by atoms with E-state index in [4.69, 9.17) is 32.7 Å². The second-order valence-corrected chi connectivity index (χ2v) is 6.63. The van der Waals surface area contributed by atoms with Crippen molar-refractivity contribution in [3.8, 4) is 0 Å². The first-order valence-electron chi connectivity index (χ1n) is 8.24. The highest BCUT2D eigenvalue weighted by Crippen LogP contribution is 2.35. The van der Waals surface area contributed by atoms with Crippen LogP contribution in [0.1, 0.15) is 15.9 Å². The highest BCUT2D eigenvalue weighted by Gasteiger charge is 2.39. The van der Waals surface area contributed by atoms with Crippen LogP contribution in [0.4, 0.5) is 5.69 Å². The summed E-state index contributed by atoms with van der Waals surface area (Å²) in [6.45, 7) is 0.419. The molecule has 0 fully saturated rings. The Labute approximate surface area is 171 Å². The Hall–Kier alpha value is -2.67. The van der Waals surface area contributed by atoms with Gasteiger partial charge in [-0.2, -0.15) is 0 Å². The van der Waals surface area contributed by atoms with Gasteiger partial charge in [0.1, 0.15) is 11.6 Å². The summed E-state index contributed by atoms with van der Waals surface area (Å²) in [5, 5.41) is 0.331. The van der Waals surface area contributed by atoms with E-state index >= 15 is 0 Å². The fourth-order valence-corrected chi connectivity index (χ4v) is 3.05. The molecule has 0 spiro atoms. The Morgan fingerprint density at radius 3 is 2.18 bits per heavy atom. The molecule has 0 aliphatic carbocycles. The van der Waals surface area contributed by atoms with Crippen molar-refractivity contribution in [1.29, 1.82) is 0 Å². The van der Waals surface area contributed by atoms with Crippen molar-refractivity contribution in [1.82, 2.24) is 0 Å². The van der Waals surface area contributed by atoms with Gasteiger partial charge < -0.3 is 9.47 Å². The van der Waals surface area contributed by atoms with Gasteiger partial charge in [0.25, 0.3) is 11.8 Å². The molecule has 0 atom stereocenters. The maximum atomic E-state index is 12.8. The third kappa shape index (κ3) is 3.94. The fourth-order valence-electron chi connectivity index (χ4n) is 2.65. The standard InChI is InChI=1S/C20H15Cl2NO5/c1-27-10-11-28-20(26)13-4-8-15(9-5-13)23-18(24)16(17(22)19(23)25)12-2-6-14(21)7-3-12/h2-9H,10-11H2,1H3. The molecule has 2 aromatic carbocycles. The largest absolute Gasteiger partial charge is 0.460 e. The Balaban J connectivity index is 1.81. The number of anilines is 1. The second-order valence-electron chi connectivity index (χ2n) is 5.82. The Kier molecular flexibility index (Phi) is 6.14. The van der Waals surface area contributed by atoms with Gasteiger partial charge in [0.15, 0.2) is 0 Å². The summed E-state index contributed by atoms with van der Waals surface area (Å²) in [7, 11) is 1.50. The van der Waals surface area contributed by atoms with Crippen LogP contribution < -0.4 is 4.90 Å². The van der Waals surface area contributed by atoms with Crippen LogP contribution in [0.2, 0.25) is 5.02 Å². The molecule has 0 saturated carbocycles. The van der Waals surface area contributed by atoms with Crippen molar-refractivity contribution >= 4 is 52.2 Å². The van der Waals surface area contributed by atoms with E-state index in [-0.39, 0.29) is 29.4 Å². The third-order valence-electron chi connectivity index (χ3n) is 4.04. The molecule has 0 saturated heterocycles. The normalized spacial score (nSPS) is 14.0. The van der Waals surface area contributed by atoms with Crippen molar-refractivity contribution < 1.29 is 23.9 Å². The molecule has 0 N–H and O–H groups in total. The van der Waals surface area contributed by atoms with Crippen molar-refractivity contribution in [2.45, 2.75) is 0 Å². The van der Waals surface area contributed by atoms with Crippen LogP contribution in [0.3, 0.4) is 0 Å². The highest BCUT2D eigenvalue weighted by molar-refractivity contribution is 6.60. The maximum absolute atomic E-state index is 12.8. The zero-order chi connectivity index (χ0) is 20.3. The number of rotatable bonds is 6. The van der Waals surface area contributed by atoms with Gasteiger partial charge >= 0.3 is 5.97 Å². The van der Waals surface area contributed by atoms with Crippen LogP contribution in [0.25, 0.3) is 5.57 Å². The molecular formula is C20H15Cl2NO5. The number of amides is 2. The molecule has 2 aromatic rings. The summed E-state index contributed by atoms with van der Waals surface area (Å²) in [5.74, 6) is -1.71. The third-order valence-corrected chi connectivity index (χ3v) is 4.64. The summed E-state index contributed by atoms with van der Waals surface area (Å²) in [6.07, 6.45) is 0. The number of benzene rings is 2. The molecule has 0 radical (unpaired) electrons. The molecule has 144 valence electrons. The predicted octanol–water partition coefficient (Wildman–Crippen LogP) is 3.67. The number of hydrogen-bond donors (Lipinski definition) is 0. The number of imide groups is 1. The molecule has 2 amide bonds. The molecule has 28 heavy (non-hydrogen) atoms. The molecule has 1 heterocycles. The molecule has 3 rings (SSSR count). The van der Waals surface area contributed by atoms with E-state index in [0.717, 1.165) is 4.90 Å². The topological polar surface area (TPSA) is 72.9 Å². The van der Waals surface area contributed by atoms with Gasteiger partial charge in [0.2, 0.25) is 0 Å². The summed E-state index contributed by atoms with van der Waals surface area (Å²) in [6, 6.07) is 12.4. The molecule has 8 heteroatoms. The summed E-state index contributed by atoms with van der Waals surface area (Å²) in [5.41, 5.74) is 1.18. The second kappa shape index (κ2) is 8.56. The first-order valence-corrected chi connectivity index (χ1v) is 9.00. The van der Waals surface area contributed by atoms with E-state index in [1.54, 1.807) is 24.3 Å². The van der Waals surface area contributed by atoms with Gasteiger partial charge in [-0.05, 0) is 42.0 Å². The van der Waals surface area contributed by atoms with Gasteiger partial charge in [-0.25, -0.2) is 9.69 Å². The van der Waals surface area contributed by atoms with Gasteiger partial charge in [-0.3, -0.25) is 9.59 Å². The van der Waals surface area contributed by atoms with Crippen molar-refractivity contribution in [3.05, 3.63) is 69.7 Å². The van der Waals surface area contributed by atoms with Gasteiger partial charge in [-0.1, -0.05) is 35.3 Å². The molecule has 0 unspecified atom stereocenters. The number of hydrogen-bond acceptors (Lipinski definition) is 5. The van der Waals surface area contributed by atoms with E-state index in [1.165, 1.54) is 31.4 Å². The van der Waals surface area contributed by atoms with Crippen molar-refractivity contribution in [2.24, 2.45) is 0 Å². The smallest absolute Gasteiger partial charge is 0.338 e. The van der Waals surface area contributed by atoms with E-state index in [2.05, 4.69) is 0 Å². The number of methoxy groups -OCH3 is 1. The van der Waals surface area contributed by atoms with Crippen LogP contribution in [-0.4, -0.2) is 38.1 Å². The number of halogens is 2.